The molecule has 24 heavy (non-hydrogen) atoms. The molecule has 1 atom stereocenters. The lowest BCUT2D eigenvalue weighted by Gasteiger charge is -2.17. The first-order valence-electron chi connectivity index (χ1n) is 7.80. The summed E-state index contributed by atoms with van der Waals surface area (Å²) in [7, 11) is -3.53. The van der Waals surface area contributed by atoms with Gasteiger partial charge in [-0.2, -0.15) is 0 Å². The lowest BCUT2D eigenvalue weighted by Crippen LogP contribution is -2.29. The number of nitrogens with one attached hydrogen (secondary N) is 2. The molecular weight excluding hydrogens is 320 g/mol. The van der Waals surface area contributed by atoms with Crippen LogP contribution in [0.15, 0.2) is 78.0 Å². The van der Waals surface area contributed by atoms with Crippen molar-refractivity contribution in [1.29, 1.82) is 0 Å². The minimum absolute atomic E-state index is 0.0438. The van der Waals surface area contributed by atoms with Gasteiger partial charge in [-0.3, -0.25) is 0 Å². The van der Waals surface area contributed by atoms with Crippen LogP contribution in [-0.2, 0) is 10.0 Å². The van der Waals surface area contributed by atoms with Crippen molar-refractivity contribution in [1.82, 2.24) is 9.71 Å². The second-order valence-corrected chi connectivity index (χ2v) is 7.54. The fourth-order valence-corrected chi connectivity index (χ4v) is 3.71. The van der Waals surface area contributed by atoms with Gasteiger partial charge in [0.15, 0.2) is 0 Å². The summed E-state index contributed by atoms with van der Waals surface area (Å²) in [5.41, 5.74) is 3.15. The minimum atomic E-state index is -3.53. The van der Waals surface area contributed by atoms with Gasteiger partial charge in [-0.25, -0.2) is 13.1 Å². The normalized spacial score (nSPS) is 12.9. The summed E-state index contributed by atoms with van der Waals surface area (Å²) in [6.07, 6.45) is 3.75. The molecule has 2 aromatic carbocycles. The highest BCUT2D eigenvalue weighted by Gasteiger charge is 2.19. The van der Waals surface area contributed by atoms with Gasteiger partial charge < -0.3 is 4.98 Å². The zero-order valence-corrected chi connectivity index (χ0v) is 14.3. The molecule has 3 rings (SSSR count). The maximum Gasteiger partial charge on any atom is 0.240 e. The summed E-state index contributed by atoms with van der Waals surface area (Å²) in [5.74, 6) is -0.0438. The van der Waals surface area contributed by atoms with Crippen molar-refractivity contribution in [3.8, 4) is 0 Å². The van der Waals surface area contributed by atoms with Crippen molar-refractivity contribution >= 4 is 10.0 Å². The molecule has 0 saturated heterocycles. The van der Waals surface area contributed by atoms with Crippen LogP contribution in [0.25, 0.3) is 0 Å². The number of aromatic amines is 1. The lowest BCUT2D eigenvalue weighted by molar-refractivity contribution is 0.577. The van der Waals surface area contributed by atoms with Crippen LogP contribution in [0.2, 0.25) is 0 Å². The topological polar surface area (TPSA) is 62.0 Å². The third kappa shape index (κ3) is 3.75. The molecule has 0 aliphatic carbocycles. The molecule has 2 N–H and O–H groups in total. The Balaban J connectivity index is 1.82. The molecule has 1 aromatic heterocycles. The number of hydrogen-bond acceptors (Lipinski definition) is 2. The number of H-pyrrole nitrogens is 1. The van der Waals surface area contributed by atoms with Crippen molar-refractivity contribution in [2.24, 2.45) is 0 Å². The van der Waals surface area contributed by atoms with E-state index < -0.39 is 10.0 Å². The number of aromatic nitrogens is 1. The number of hydrogen-bond donors (Lipinski definition) is 2. The minimum Gasteiger partial charge on any atom is -0.367 e. The van der Waals surface area contributed by atoms with E-state index in [0.29, 0.717) is 6.54 Å². The molecule has 0 aliphatic rings. The number of rotatable bonds is 6. The molecule has 0 amide bonds. The van der Waals surface area contributed by atoms with Crippen molar-refractivity contribution in [3.63, 3.8) is 0 Å². The van der Waals surface area contributed by atoms with E-state index in [1.807, 2.05) is 55.7 Å². The standard InChI is InChI=1S/C19H20N2O2S/c1-15-7-9-18(10-8-15)24(22,23)21-14-19(17-11-12-20-13-17)16-5-3-2-4-6-16/h2-13,19-21H,14H2,1H3. The first-order valence-corrected chi connectivity index (χ1v) is 9.28. The monoisotopic (exact) mass is 340 g/mol. The summed E-state index contributed by atoms with van der Waals surface area (Å²) in [6, 6.07) is 18.7. The largest absolute Gasteiger partial charge is 0.367 e. The highest BCUT2D eigenvalue weighted by molar-refractivity contribution is 7.89. The van der Waals surface area contributed by atoms with E-state index in [1.165, 1.54) is 0 Å². The summed E-state index contributed by atoms with van der Waals surface area (Å²) < 4.78 is 27.8. The van der Waals surface area contributed by atoms with Gasteiger partial charge in [0.05, 0.1) is 4.90 Å². The fraction of sp³-hybridized carbons (Fsp3) is 0.158. The van der Waals surface area contributed by atoms with E-state index in [-0.39, 0.29) is 10.8 Å². The van der Waals surface area contributed by atoms with Crippen molar-refractivity contribution < 1.29 is 8.42 Å². The Labute approximate surface area is 142 Å². The van der Waals surface area contributed by atoms with Gasteiger partial charge in [-0.1, -0.05) is 48.0 Å². The van der Waals surface area contributed by atoms with Gasteiger partial charge in [-0.15, -0.1) is 0 Å². The lowest BCUT2D eigenvalue weighted by atomic mass is 9.93. The SMILES string of the molecule is Cc1ccc(S(=O)(=O)NCC(c2ccccc2)c2cc[nH]c2)cc1. The second-order valence-electron chi connectivity index (χ2n) is 5.77. The van der Waals surface area contributed by atoms with Gasteiger partial charge in [0.2, 0.25) is 10.0 Å². The van der Waals surface area contributed by atoms with Crippen molar-refractivity contribution in [2.75, 3.05) is 6.54 Å². The van der Waals surface area contributed by atoms with E-state index in [1.54, 1.807) is 24.3 Å². The summed E-state index contributed by atoms with van der Waals surface area (Å²) >= 11 is 0. The average Bonchev–Trinajstić information content (AvgIpc) is 3.11. The molecule has 0 spiro atoms. The quantitative estimate of drug-likeness (QED) is 0.722. The molecule has 4 nitrogen and oxygen atoms in total. The Morgan fingerprint density at radius 2 is 1.67 bits per heavy atom. The van der Waals surface area contributed by atoms with Crippen molar-refractivity contribution in [2.45, 2.75) is 17.7 Å². The number of benzene rings is 2. The fourth-order valence-electron chi connectivity index (χ4n) is 2.66. The van der Waals surface area contributed by atoms with E-state index in [9.17, 15) is 8.42 Å². The first-order chi connectivity index (χ1) is 11.6. The Hall–Kier alpha value is -2.37. The molecule has 3 aromatic rings. The van der Waals surface area contributed by atoms with E-state index >= 15 is 0 Å². The molecular formula is C19H20N2O2S. The molecule has 0 bridgehead atoms. The van der Waals surface area contributed by atoms with Crippen LogP contribution >= 0.6 is 0 Å². The smallest absolute Gasteiger partial charge is 0.240 e. The van der Waals surface area contributed by atoms with E-state index in [2.05, 4.69) is 9.71 Å². The predicted molar refractivity (Wildman–Crippen MR) is 95.4 cm³/mol. The molecule has 5 heteroatoms. The molecule has 1 unspecified atom stereocenters. The predicted octanol–water partition coefficient (Wildman–Crippen LogP) is 3.43. The van der Waals surface area contributed by atoms with E-state index in [0.717, 1.165) is 16.7 Å². The van der Waals surface area contributed by atoms with Crippen molar-refractivity contribution in [3.05, 3.63) is 89.7 Å². The number of sulfonamides is 1. The van der Waals surface area contributed by atoms with Gasteiger partial charge >= 0.3 is 0 Å². The Morgan fingerprint density at radius 1 is 0.958 bits per heavy atom. The van der Waals surface area contributed by atoms with Crippen LogP contribution in [0.5, 0.6) is 0 Å². The molecule has 0 fully saturated rings. The van der Waals surface area contributed by atoms with Gasteiger partial charge in [0, 0.05) is 24.9 Å². The highest BCUT2D eigenvalue weighted by Crippen LogP contribution is 2.24. The molecule has 0 aliphatic heterocycles. The Bertz CT molecular complexity index is 871. The van der Waals surface area contributed by atoms with Crippen LogP contribution in [-0.4, -0.2) is 19.9 Å². The molecule has 1 heterocycles. The zero-order valence-electron chi connectivity index (χ0n) is 13.4. The number of aryl methyl sites for hydroxylation is 1. The average molecular weight is 340 g/mol. The maximum atomic E-state index is 12.5. The highest BCUT2D eigenvalue weighted by atomic mass is 32.2. The van der Waals surface area contributed by atoms with Crippen LogP contribution in [0.3, 0.4) is 0 Å². The third-order valence-electron chi connectivity index (χ3n) is 4.04. The molecule has 0 saturated carbocycles. The maximum absolute atomic E-state index is 12.5. The Kier molecular flexibility index (Phi) is 4.83. The van der Waals surface area contributed by atoms with Crippen LogP contribution in [0.1, 0.15) is 22.6 Å². The van der Waals surface area contributed by atoms with Gasteiger partial charge in [0.25, 0.3) is 0 Å². The van der Waals surface area contributed by atoms with Crippen LogP contribution < -0.4 is 4.72 Å². The van der Waals surface area contributed by atoms with E-state index in [4.69, 9.17) is 0 Å². The molecule has 0 radical (unpaired) electrons. The Morgan fingerprint density at radius 3 is 2.29 bits per heavy atom. The zero-order chi connectivity index (χ0) is 17.0. The first kappa shape index (κ1) is 16.5. The van der Waals surface area contributed by atoms with Gasteiger partial charge in [-0.05, 0) is 36.2 Å². The summed E-state index contributed by atoms with van der Waals surface area (Å²) in [5, 5.41) is 0. The third-order valence-corrected chi connectivity index (χ3v) is 5.47. The summed E-state index contributed by atoms with van der Waals surface area (Å²) in [6.45, 7) is 2.24. The molecule has 124 valence electrons. The second kappa shape index (κ2) is 7.03. The summed E-state index contributed by atoms with van der Waals surface area (Å²) in [4.78, 5) is 3.32. The van der Waals surface area contributed by atoms with Crippen LogP contribution in [0.4, 0.5) is 0 Å². The van der Waals surface area contributed by atoms with Gasteiger partial charge in [0.1, 0.15) is 0 Å². The van der Waals surface area contributed by atoms with Crippen LogP contribution in [0, 0.1) is 6.92 Å².